The maximum atomic E-state index is 15.0. The zero-order chi connectivity index (χ0) is 22.8. The Hall–Kier alpha value is -2.86. The molecule has 1 atom stereocenters. The number of aryl methyl sites for hydroxylation is 1. The van der Waals surface area contributed by atoms with E-state index >= 15 is 0 Å². The minimum atomic E-state index is -0.554. The van der Waals surface area contributed by atoms with Gasteiger partial charge in [0.05, 0.1) is 24.5 Å². The van der Waals surface area contributed by atoms with Gasteiger partial charge in [-0.3, -0.25) is 9.69 Å². The molecule has 0 aliphatic carbocycles. The van der Waals surface area contributed by atoms with Crippen molar-refractivity contribution in [2.75, 3.05) is 49.1 Å². The van der Waals surface area contributed by atoms with Crippen LogP contribution < -0.4 is 15.1 Å². The molecule has 4 rings (SSSR count). The summed E-state index contributed by atoms with van der Waals surface area (Å²) in [6, 6.07) is 4.74. The molecule has 2 amide bonds. The molecule has 9 nitrogen and oxygen atoms in total. The van der Waals surface area contributed by atoms with Crippen LogP contribution in [0.15, 0.2) is 18.2 Å². The number of piperazine rings is 1. The number of thiocarbonyl (C=S) groups is 1. The number of cyclic esters (lactones) is 1. The van der Waals surface area contributed by atoms with Gasteiger partial charge in [-0.25, -0.2) is 9.18 Å². The Kier molecular flexibility index (Phi) is 6.51. The molecule has 2 aliphatic heterocycles. The number of amides is 2. The Balaban J connectivity index is 1.37. The number of nitrogens with zero attached hydrogens (tertiary/aromatic N) is 5. The summed E-state index contributed by atoms with van der Waals surface area (Å²) in [6.07, 6.45) is -1.02. The third-order valence-electron chi connectivity index (χ3n) is 5.31. The molecule has 1 N–H and O–H groups in total. The van der Waals surface area contributed by atoms with E-state index in [0.29, 0.717) is 42.5 Å². The van der Waals surface area contributed by atoms with Crippen LogP contribution in [0.3, 0.4) is 0 Å². The smallest absolute Gasteiger partial charge is 0.414 e. The van der Waals surface area contributed by atoms with E-state index in [9.17, 15) is 14.0 Å². The third-order valence-corrected chi connectivity index (χ3v) is 6.74. The van der Waals surface area contributed by atoms with Gasteiger partial charge in [0.2, 0.25) is 5.91 Å². The molecule has 2 aliphatic rings. The van der Waals surface area contributed by atoms with Crippen molar-refractivity contribution in [2.45, 2.75) is 20.0 Å². The summed E-state index contributed by atoms with van der Waals surface area (Å²) in [5.74, 6) is -0.606. The number of carbonyl (C=O) groups excluding carboxylic acids is 2. The number of carbonyl (C=O) groups is 2. The average molecular weight is 479 g/mol. The van der Waals surface area contributed by atoms with Gasteiger partial charge >= 0.3 is 6.09 Å². The fourth-order valence-electron chi connectivity index (χ4n) is 3.69. The Morgan fingerprint density at radius 3 is 2.69 bits per heavy atom. The van der Waals surface area contributed by atoms with Crippen molar-refractivity contribution >= 4 is 51.9 Å². The second-order valence-electron chi connectivity index (χ2n) is 7.59. The van der Waals surface area contributed by atoms with Crippen molar-refractivity contribution in [1.29, 1.82) is 0 Å². The van der Waals surface area contributed by atoms with Crippen molar-refractivity contribution in [2.24, 2.45) is 0 Å². The molecule has 32 heavy (non-hydrogen) atoms. The number of nitrogens with one attached hydrogen (secondary N) is 1. The van der Waals surface area contributed by atoms with E-state index in [1.54, 1.807) is 12.1 Å². The Morgan fingerprint density at radius 1 is 1.31 bits per heavy atom. The summed E-state index contributed by atoms with van der Waals surface area (Å²) in [4.78, 5) is 29.3. The minimum Gasteiger partial charge on any atom is -0.442 e. The van der Waals surface area contributed by atoms with Crippen molar-refractivity contribution in [3.8, 4) is 0 Å². The fourth-order valence-corrected chi connectivity index (χ4v) is 4.69. The number of halogens is 1. The number of hydrogen-bond donors (Lipinski definition) is 1. The summed E-state index contributed by atoms with van der Waals surface area (Å²) in [6.45, 7) is 6.29. The van der Waals surface area contributed by atoms with Crippen LogP contribution in [0.2, 0.25) is 0 Å². The van der Waals surface area contributed by atoms with Gasteiger partial charge in [0, 0.05) is 33.1 Å². The first-order chi connectivity index (χ1) is 15.3. The van der Waals surface area contributed by atoms with Gasteiger partial charge < -0.3 is 19.9 Å². The quantitative estimate of drug-likeness (QED) is 0.652. The van der Waals surface area contributed by atoms with Crippen LogP contribution >= 0.6 is 23.6 Å². The number of ether oxygens (including phenoxy) is 1. The molecular formula is C20H23FN6O3S2. The van der Waals surface area contributed by atoms with Gasteiger partial charge in [-0.15, -0.1) is 10.2 Å². The van der Waals surface area contributed by atoms with Crippen LogP contribution in [0.25, 0.3) is 0 Å². The summed E-state index contributed by atoms with van der Waals surface area (Å²) >= 11 is 7.00. The number of hydrogen-bond acceptors (Lipinski definition) is 8. The molecule has 2 saturated heterocycles. The van der Waals surface area contributed by atoms with Gasteiger partial charge in [0.1, 0.15) is 21.9 Å². The van der Waals surface area contributed by atoms with Crippen LogP contribution in [-0.2, 0) is 9.53 Å². The van der Waals surface area contributed by atoms with E-state index in [-0.39, 0.29) is 19.0 Å². The van der Waals surface area contributed by atoms with Crippen LogP contribution in [0.1, 0.15) is 16.9 Å². The standard InChI is InChI=1S/C20H23FN6O3S2/c1-12(28)22-10-15-11-27(20(29)30-15)14-3-4-17(16(21)9-14)25-5-7-26(8-6-25)19(31)18-24-23-13(2)32-18/h3-4,9,15H,5-8,10-11H2,1-2H3,(H,22,28)/t15-/m0/s1. The first-order valence-corrected chi connectivity index (χ1v) is 11.4. The highest BCUT2D eigenvalue weighted by atomic mass is 32.1. The monoisotopic (exact) mass is 478 g/mol. The lowest BCUT2D eigenvalue weighted by molar-refractivity contribution is -0.119. The summed E-state index contributed by atoms with van der Waals surface area (Å²) < 4.78 is 20.2. The average Bonchev–Trinajstić information content (AvgIpc) is 3.37. The Labute approximate surface area is 194 Å². The molecule has 2 aromatic rings. The van der Waals surface area contributed by atoms with Crippen molar-refractivity contribution in [1.82, 2.24) is 20.4 Å². The van der Waals surface area contributed by atoms with E-state index in [1.807, 2.05) is 11.8 Å². The van der Waals surface area contributed by atoms with Crippen LogP contribution in [0, 0.1) is 12.7 Å². The lowest BCUT2D eigenvalue weighted by Crippen LogP contribution is -2.48. The number of anilines is 2. The van der Waals surface area contributed by atoms with E-state index in [4.69, 9.17) is 17.0 Å². The normalized spacial score (nSPS) is 18.7. The van der Waals surface area contributed by atoms with E-state index in [0.717, 1.165) is 10.0 Å². The first kappa shape index (κ1) is 22.3. The SMILES string of the molecule is CC(=O)NC[C@H]1CN(c2ccc(N3CCN(C(=S)c4nnc(C)s4)CC3)c(F)c2)C(=O)O1. The molecule has 1 aromatic carbocycles. The highest BCUT2D eigenvalue weighted by Gasteiger charge is 2.33. The molecule has 3 heterocycles. The topological polar surface area (TPSA) is 90.9 Å². The minimum absolute atomic E-state index is 0.200. The maximum Gasteiger partial charge on any atom is 0.414 e. The molecule has 1 aromatic heterocycles. The van der Waals surface area contributed by atoms with Crippen LogP contribution in [-0.4, -0.2) is 77.5 Å². The predicted octanol–water partition coefficient (Wildman–Crippen LogP) is 1.94. The van der Waals surface area contributed by atoms with Gasteiger partial charge in [-0.1, -0.05) is 23.6 Å². The van der Waals surface area contributed by atoms with E-state index < -0.39 is 18.0 Å². The number of rotatable bonds is 5. The molecule has 0 unspecified atom stereocenters. The van der Waals surface area contributed by atoms with Gasteiger partial charge in [-0.2, -0.15) is 0 Å². The summed E-state index contributed by atoms with van der Waals surface area (Å²) in [5.41, 5.74) is 0.904. The van der Waals surface area contributed by atoms with Crippen molar-refractivity contribution in [3.05, 3.63) is 34.0 Å². The Morgan fingerprint density at radius 2 is 2.06 bits per heavy atom. The van der Waals surface area contributed by atoms with Gasteiger partial charge in [0.15, 0.2) is 5.01 Å². The second kappa shape index (κ2) is 9.33. The van der Waals surface area contributed by atoms with Gasteiger partial charge in [0.25, 0.3) is 0 Å². The number of benzene rings is 1. The Bertz CT molecular complexity index is 1040. The fraction of sp³-hybridized carbons (Fsp3) is 0.450. The van der Waals surface area contributed by atoms with Crippen LogP contribution in [0.5, 0.6) is 0 Å². The van der Waals surface area contributed by atoms with Crippen LogP contribution in [0.4, 0.5) is 20.6 Å². The highest BCUT2D eigenvalue weighted by molar-refractivity contribution is 7.81. The first-order valence-electron chi connectivity index (χ1n) is 10.2. The molecule has 0 radical (unpaired) electrons. The lowest BCUT2D eigenvalue weighted by atomic mass is 10.2. The molecule has 0 saturated carbocycles. The molecule has 170 valence electrons. The number of aromatic nitrogens is 2. The van der Waals surface area contributed by atoms with Crippen molar-refractivity contribution < 1.29 is 18.7 Å². The lowest BCUT2D eigenvalue weighted by Gasteiger charge is -2.37. The molecular weight excluding hydrogens is 455 g/mol. The second-order valence-corrected chi connectivity index (χ2v) is 9.16. The zero-order valence-electron chi connectivity index (χ0n) is 17.7. The molecule has 12 heteroatoms. The van der Waals surface area contributed by atoms with E-state index in [2.05, 4.69) is 20.4 Å². The molecule has 0 bridgehead atoms. The summed E-state index contributed by atoms with van der Waals surface area (Å²) in [7, 11) is 0. The maximum absolute atomic E-state index is 15.0. The van der Waals surface area contributed by atoms with Crippen molar-refractivity contribution in [3.63, 3.8) is 0 Å². The summed E-state index contributed by atoms with van der Waals surface area (Å²) in [5, 5.41) is 12.3. The predicted molar refractivity (Wildman–Crippen MR) is 123 cm³/mol. The van der Waals surface area contributed by atoms with E-state index in [1.165, 1.54) is 29.2 Å². The van der Waals surface area contributed by atoms with Gasteiger partial charge in [-0.05, 0) is 25.1 Å². The largest absolute Gasteiger partial charge is 0.442 e. The highest BCUT2D eigenvalue weighted by Crippen LogP contribution is 2.29. The third kappa shape index (κ3) is 4.80. The molecule has 0 spiro atoms. The zero-order valence-corrected chi connectivity index (χ0v) is 19.3. The molecule has 2 fully saturated rings.